The fraction of sp³-hybridized carbons (Fsp3) is 0.125. The van der Waals surface area contributed by atoms with E-state index in [-0.39, 0.29) is 5.91 Å². The third kappa shape index (κ3) is 4.30. The van der Waals surface area contributed by atoms with E-state index in [1.54, 1.807) is 67.3 Å². The van der Waals surface area contributed by atoms with Crippen molar-refractivity contribution in [3.63, 3.8) is 0 Å². The van der Waals surface area contributed by atoms with E-state index in [1.165, 1.54) is 11.0 Å². The summed E-state index contributed by atoms with van der Waals surface area (Å²) < 4.78 is 41.4. The lowest BCUT2D eigenvalue weighted by molar-refractivity contribution is -0.137. The Morgan fingerprint density at radius 1 is 1.03 bits per heavy atom. The minimum absolute atomic E-state index is 0.168. The first kappa shape index (κ1) is 22.1. The summed E-state index contributed by atoms with van der Waals surface area (Å²) in [7, 11) is 3.31. The number of nitrogens with zero attached hydrogens (tertiary/aromatic N) is 3. The number of halogens is 3. The number of hydrogen-bond donors (Lipinski definition) is 1. The molecule has 0 saturated heterocycles. The number of anilines is 1. The average molecular weight is 452 g/mol. The van der Waals surface area contributed by atoms with E-state index >= 15 is 0 Å². The maximum absolute atomic E-state index is 13.2. The van der Waals surface area contributed by atoms with Gasteiger partial charge in [-0.25, -0.2) is 4.98 Å². The number of amides is 2. The molecule has 9 heteroatoms. The molecule has 4 aromatic rings. The lowest BCUT2D eigenvalue weighted by Crippen LogP contribution is -2.21. The molecule has 0 aliphatic rings. The number of benzene rings is 2. The first-order valence-electron chi connectivity index (χ1n) is 9.90. The Balaban J connectivity index is 1.90. The number of carbonyl (C=O) groups excluding carboxylic acids is 2. The molecule has 2 aromatic heterocycles. The highest BCUT2D eigenvalue weighted by atomic mass is 19.4. The monoisotopic (exact) mass is 452 g/mol. The predicted octanol–water partition coefficient (Wildman–Crippen LogP) is 4.96. The highest BCUT2D eigenvalue weighted by Crippen LogP contribution is 2.34. The minimum Gasteiger partial charge on any atom is -0.345 e. The summed E-state index contributed by atoms with van der Waals surface area (Å²) in [6, 6.07) is 13.5. The number of imidazole rings is 1. The molecule has 4 rings (SSSR count). The summed E-state index contributed by atoms with van der Waals surface area (Å²) in [5.41, 5.74) is 2.55. The number of carbonyl (C=O) groups is 2. The van der Waals surface area contributed by atoms with Crippen LogP contribution in [-0.4, -0.2) is 40.7 Å². The Kier molecular flexibility index (Phi) is 5.63. The van der Waals surface area contributed by atoms with Crippen LogP contribution in [0.3, 0.4) is 0 Å². The van der Waals surface area contributed by atoms with Crippen LogP contribution in [0.2, 0.25) is 0 Å². The number of nitrogens with one attached hydrogen (secondary N) is 1. The van der Waals surface area contributed by atoms with Crippen molar-refractivity contribution < 1.29 is 22.8 Å². The Morgan fingerprint density at radius 3 is 2.45 bits per heavy atom. The highest BCUT2D eigenvalue weighted by molar-refractivity contribution is 5.95. The van der Waals surface area contributed by atoms with Crippen molar-refractivity contribution >= 4 is 23.7 Å². The molecule has 2 heterocycles. The molecule has 6 nitrogen and oxygen atoms in total. The van der Waals surface area contributed by atoms with Gasteiger partial charge >= 0.3 is 6.18 Å². The normalized spacial score (nSPS) is 11.4. The highest BCUT2D eigenvalue weighted by Gasteiger charge is 2.30. The van der Waals surface area contributed by atoms with Crippen molar-refractivity contribution in [3.8, 4) is 22.4 Å². The standard InChI is InChI=1S/C24H19F3N4O2/c1-30(2)23(33)17-7-3-6-16(9-17)21-12-28-22-20(29-14-32)11-18(13-31(21)22)15-5-4-8-19(10-15)24(25,26)27/h3-14H,1-2H3,(H,29,32). The van der Waals surface area contributed by atoms with Gasteiger partial charge in [0.05, 0.1) is 23.1 Å². The van der Waals surface area contributed by atoms with Gasteiger partial charge < -0.3 is 10.2 Å². The van der Waals surface area contributed by atoms with Gasteiger partial charge in [0.25, 0.3) is 5.91 Å². The fourth-order valence-electron chi connectivity index (χ4n) is 3.57. The van der Waals surface area contributed by atoms with Crippen molar-refractivity contribution in [2.75, 3.05) is 19.4 Å². The molecule has 0 aliphatic carbocycles. The smallest absolute Gasteiger partial charge is 0.345 e. The van der Waals surface area contributed by atoms with Gasteiger partial charge in [-0.05, 0) is 35.9 Å². The number of fused-ring (bicyclic) bond motifs is 1. The summed E-state index contributed by atoms with van der Waals surface area (Å²) in [5.74, 6) is -0.168. The molecule has 168 valence electrons. The number of pyridine rings is 1. The van der Waals surface area contributed by atoms with Gasteiger partial charge in [-0.1, -0.05) is 24.3 Å². The van der Waals surface area contributed by atoms with Crippen LogP contribution in [0, 0.1) is 0 Å². The topological polar surface area (TPSA) is 66.7 Å². The quantitative estimate of drug-likeness (QED) is 0.436. The molecule has 0 atom stereocenters. The first-order chi connectivity index (χ1) is 15.7. The van der Waals surface area contributed by atoms with Gasteiger partial charge in [0.15, 0.2) is 5.65 Å². The van der Waals surface area contributed by atoms with Crippen molar-refractivity contribution in [1.82, 2.24) is 14.3 Å². The maximum atomic E-state index is 13.2. The van der Waals surface area contributed by atoms with Gasteiger partial charge in [-0.2, -0.15) is 13.2 Å². The Bertz CT molecular complexity index is 1360. The molecule has 33 heavy (non-hydrogen) atoms. The van der Waals surface area contributed by atoms with Gasteiger partial charge in [-0.15, -0.1) is 0 Å². The molecule has 0 spiro atoms. The van der Waals surface area contributed by atoms with E-state index in [1.807, 2.05) is 0 Å². The lowest BCUT2D eigenvalue weighted by Gasteiger charge is -2.13. The summed E-state index contributed by atoms with van der Waals surface area (Å²) in [6.45, 7) is 0. The molecule has 2 aromatic carbocycles. The van der Waals surface area contributed by atoms with Crippen LogP contribution in [0.4, 0.5) is 18.9 Å². The fourth-order valence-corrected chi connectivity index (χ4v) is 3.57. The molecule has 0 aliphatic heterocycles. The third-order valence-corrected chi connectivity index (χ3v) is 5.15. The number of aromatic nitrogens is 2. The van der Waals surface area contributed by atoms with E-state index in [0.717, 1.165) is 12.1 Å². The molecule has 1 N–H and O–H groups in total. The zero-order valence-electron chi connectivity index (χ0n) is 17.7. The molecule has 0 radical (unpaired) electrons. The van der Waals surface area contributed by atoms with E-state index in [2.05, 4.69) is 10.3 Å². The first-order valence-corrected chi connectivity index (χ1v) is 9.90. The summed E-state index contributed by atoms with van der Waals surface area (Å²) in [5, 5.41) is 2.57. The average Bonchev–Trinajstić information content (AvgIpc) is 3.22. The lowest BCUT2D eigenvalue weighted by atomic mass is 10.0. The molecular formula is C24H19F3N4O2. The zero-order valence-corrected chi connectivity index (χ0v) is 17.7. The number of hydrogen-bond acceptors (Lipinski definition) is 3. The Labute approximate surface area is 187 Å². The third-order valence-electron chi connectivity index (χ3n) is 5.15. The van der Waals surface area contributed by atoms with Crippen LogP contribution in [0.25, 0.3) is 28.0 Å². The van der Waals surface area contributed by atoms with Crippen molar-refractivity contribution in [1.29, 1.82) is 0 Å². The second-order valence-electron chi connectivity index (χ2n) is 7.60. The molecule has 0 fully saturated rings. The summed E-state index contributed by atoms with van der Waals surface area (Å²) >= 11 is 0. The van der Waals surface area contributed by atoms with E-state index in [4.69, 9.17) is 0 Å². The van der Waals surface area contributed by atoms with Crippen molar-refractivity contribution in [3.05, 3.63) is 78.1 Å². The minimum atomic E-state index is -4.48. The van der Waals surface area contributed by atoms with Crippen LogP contribution in [-0.2, 0) is 11.0 Å². The Morgan fingerprint density at radius 2 is 1.76 bits per heavy atom. The molecule has 2 amide bonds. The number of rotatable bonds is 5. The number of alkyl halides is 3. The van der Waals surface area contributed by atoms with Crippen LogP contribution in [0.5, 0.6) is 0 Å². The van der Waals surface area contributed by atoms with E-state index in [0.29, 0.717) is 45.7 Å². The van der Waals surface area contributed by atoms with Gasteiger partial charge in [0.1, 0.15) is 0 Å². The zero-order chi connectivity index (χ0) is 23.8. The van der Waals surface area contributed by atoms with Crippen LogP contribution in [0.1, 0.15) is 15.9 Å². The largest absolute Gasteiger partial charge is 0.416 e. The van der Waals surface area contributed by atoms with Gasteiger partial charge in [0.2, 0.25) is 6.41 Å². The second kappa shape index (κ2) is 8.42. The summed E-state index contributed by atoms with van der Waals surface area (Å²) in [6.07, 6.45) is -0.760. The van der Waals surface area contributed by atoms with Crippen molar-refractivity contribution in [2.24, 2.45) is 0 Å². The molecule has 0 unspecified atom stereocenters. The van der Waals surface area contributed by atoms with Gasteiger partial charge in [0, 0.05) is 37.0 Å². The van der Waals surface area contributed by atoms with E-state index in [9.17, 15) is 22.8 Å². The van der Waals surface area contributed by atoms with Crippen LogP contribution in [0.15, 0.2) is 67.0 Å². The van der Waals surface area contributed by atoms with E-state index < -0.39 is 11.7 Å². The second-order valence-corrected chi connectivity index (χ2v) is 7.60. The SMILES string of the molecule is CN(C)C(=O)c1cccc(-c2cnc3c(NC=O)cc(-c4cccc(C(F)(F)F)c4)cn23)c1. The van der Waals surface area contributed by atoms with Gasteiger partial charge in [-0.3, -0.25) is 14.0 Å². The molecule has 0 saturated carbocycles. The Hall–Kier alpha value is -4.14. The maximum Gasteiger partial charge on any atom is 0.416 e. The molecule has 0 bridgehead atoms. The summed E-state index contributed by atoms with van der Waals surface area (Å²) in [4.78, 5) is 29.4. The van der Waals surface area contributed by atoms with Crippen LogP contribution < -0.4 is 5.32 Å². The predicted molar refractivity (Wildman–Crippen MR) is 119 cm³/mol. The van der Waals surface area contributed by atoms with Crippen LogP contribution >= 0.6 is 0 Å². The molecular weight excluding hydrogens is 433 g/mol. The van der Waals surface area contributed by atoms with Crippen molar-refractivity contribution in [2.45, 2.75) is 6.18 Å².